The molecule has 10 heteroatoms. The molecular formula is C31H31ClFN5O3. The number of ketones is 1. The van der Waals surface area contributed by atoms with Crippen molar-refractivity contribution in [3.63, 3.8) is 0 Å². The molecule has 0 atom stereocenters. The van der Waals surface area contributed by atoms with E-state index in [0.29, 0.717) is 30.4 Å². The molecule has 8 nitrogen and oxygen atoms in total. The summed E-state index contributed by atoms with van der Waals surface area (Å²) in [6.45, 7) is 5.08. The van der Waals surface area contributed by atoms with Crippen LogP contribution in [0.15, 0.2) is 82.1 Å². The number of piperidine rings is 1. The third kappa shape index (κ3) is 6.01. The molecule has 0 radical (unpaired) electrons. The van der Waals surface area contributed by atoms with Gasteiger partial charge in [-0.2, -0.15) is 4.98 Å². The number of aromatic nitrogens is 4. The highest BCUT2D eigenvalue weighted by molar-refractivity contribution is 5.97. The Hall–Kier alpha value is -4.08. The first-order valence-electron chi connectivity index (χ1n) is 13.6. The zero-order chi connectivity index (χ0) is 27.6. The summed E-state index contributed by atoms with van der Waals surface area (Å²) in [7, 11) is 0. The van der Waals surface area contributed by atoms with Crippen LogP contribution in [0.3, 0.4) is 0 Å². The Morgan fingerprint density at radius 3 is 2.22 bits per heavy atom. The van der Waals surface area contributed by atoms with Crippen molar-refractivity contribution in [2.45, 2.75) is 32.9 Å². The Kier molecular flexibility index (Phi) is 8.46. The van der Waals surface area contributed by atoms with Crippen LogP contribution in [0.2, 0.25) is 0 Å². The van der Waals surface area contributed by atoms with E-state index in [2.05, 4.69) is 15.0 Å². The molecule has 0 aliphatic carbocycles. The first kappa shape index (κ1) is 28.4. The lowest BCUT2D eigenvalue weighted by atomic mass is 9.89. The molecule has 41 heavy (non-hydrogen) atoms. The molecule has 0 spiro atoms. The van der Waals surface area contributed by atoms with Gasteiger partial charge in [0.2, 0.25) is 11.7 Å². The van der Waals surface area contributed by atoms with Crippen LogP contribution in [-0.4, -0.2) is 49.6 Å². The van der Waals surface area contributed by atoms with Crippen LogP contribution in [-0.2, 0) is 13.1 Å². The molecule has 3 aromatic carbocycles. The highest BCUT2D eigenvalue weighted by atomic mass is 35.5. The standard InChI is InChI=1S/C31H30FN5O3.ClH/c1-21-33-30(34-40-21)25-8-6-22(7-9-25)20-37-28-5-3-2-4-27(28)36(31(37)39)19-18-35-16-14-24(15-17-35)29(38)23-10-12-26(32)13-11-23;/h2-13,24H,14-20H2,1H3;1H. The van der Waals surface area contributed by atoms with Crippen LogP contribution in [0.5, 0.6) is 0 Å². The van der Waals surface area contributed by atoms with Crippen LogP contribution < -0.4 is 5.69 Å². The zero-order valence-corrected chi connectivity index (χ0v) is 23.5. The summed E-state index contributed by atoms with van der Waals surface area (Å²) in [6.07, 6.45) is 1.51. The number of hydrogen-bond acceptors (Lipinski definition) is 6. The molecule has 1 aliphatic heterocycles. The summed E-state index contributed by atoms with van der Waals surface area (Å²) in [5.74, 6) is 0.751. The minimum absolute atomic E-state index is 0. The van der Waals surface area contributed by atoms with E-state index in [1.807, 2.05) is 57.7 Å². The van der Waals surface area contributed by atoms with E-state index < -0.39 is 0 Å². The van der Waals surface area contributed by atoms with Gasteiger partial charge in [0, 0.05) is 37.1 Å². The lowest BCUT2D eigenvalue weighted by Crippen LogP contribution is -2.39. The number of para-hydroxylation sites is 2. The lowest BCUT2D eigenvalue weighted by molar-refractivity contribution is 0.0837. The van der Waals surface area contributed by atoms with Crippen molar-refractivity contribution in [1.82, 2.24) is 24.2 Å². The Morgan fingerprint density at radius 1 is 0.927 bits per heavy atom. The minimum atomic E-state index is -0.337. The van der Waals surface area contributed by atoms with Crippen molar-refractivity contribution >= 4 is 29.2 Å². The number of Topliss-reactive ketones (excluding diaryl/α,β-unsaturated/α-hetero) is 1. The van der Waals surface area contributed by atoms with E-state index >= 15 is 0 Å². The summed E-state index contributed by atoms with van der Waals surface area (Å²) in [6, 6.07) is 21.5. The molecule has 0 bridgehead atoms. The summed E-state index contributed by atoms with van der Waals surface area (Å²) < 4.78 is 22.0. The number of likely N-dealkylation sites (tertiary alicyclic amines) is 1. The molecule has 6 rings (SSSR count). The molecular weight excluding hydrogens is 545 g/mol. The molecule has 0 unspecified atom stereocenters. The van der Waals surface area contributed by atoms with Gasteiger partial charge in [-0.15, -0.1) is 12.4 Å². The molecule has 1 saturated heterocycles. The Balaban J connectivity index is 0.00000337. The van der Waals surface area contributed by atoms with Crippen LogP contribution >= 0.6 is 12.4 Å². The maximum atomic E-state index is 13.6. The van der Waals surface area contributed by atoms with Gasteiger partial charge in [-0.05, 0) is 67.9 Å². The van der Waals surface area contributed by atoms with Crippen LogP contribution in [0.4, 0.5) is 4.39 Å². The normalized spacial score (nSPS) is 14.3. The number of halogens is 2. The summed E-state index contributed by atoms with van der Waals surface area (Å²) in [4.78, 5) is 33.0. The molecule has 1 fully saturated rings. The molecule has 0 saturated carbocycles. The average Bonchev–Trinajstić information content (AvgIpc) is 3.53. The smallest absolute Gasteiger partial charge is 0.329 e. The third-order valence-electron chi connectivity index (χ3n) is 7.73. The van der Waals surface area contributed by atoms with Gasteiger partial charge in [0.15, 0.2) is 5.78 Å². The number of hydrogen-bond donors (Lipinski definition) is 0. The monoisotopic (exact) mass is 575 g/mol. The lowest BCUT2D eigenvalue weighted by Gasteiger charge is -2.31. The predicted molar refractivity (Wildman–Crippen MR) is 157 cm³/mol. The minimum Gasteiger partial charge on any atom is -0.339 e. The van der Waals surface area contributed by atoms with Crippen molar-refractivity contribution in [3.05, 3.63) is 106 Å². The van der Waals surface area contributed by atoms with E-state index in [1.165, 1.54) is 12.1 Å². The van der Waals surface area contributed by atoms with Gasteiger partial charge < -0.3 is 9.42 Å². The van der Waals surface area contributed by atoms with Crippen molar-refractivity contribution < 1.29 is 13.7 Å². The molecule has 0 N–H and O–H groups in total. The second-order valence-corrected chi connectivity index (χ2v) is 10.3. The third-order valence-corrected chi connectivity index (χ3v) is 7.73. The molecule has 1 aliphatic rings. The second-order valence-electron chi connectivity index (χ2n) is 10.3. The predicted octanol–water partition coefficient (Wildman–Crippen LogP) is 5.37. The molecule has 5 aromatic rings. The molecule has 0 amide bonds. The summed E-state index contributed by atoms with van der Waals surface area (Å²) in [5.41, 5.74) is 4.20. The van der Waals surface area contributed by atoms with Gasteiger partial charge in [0.1, 0.15) is 5.82 Å². The van der Waals surface area contributed by atoms with Crippen molar-refractivity contribution in [2.75, 3.05) is 19.6 Å². The van der Waals surface area contributed by atoms with Crippen molar-refractivity contribution in [3.8, 4) is 11.4 Å². The van der Waals surface area contributed by atoms with E-state index in [0.717, 1.165) is 54.6 Å². The van der Waals surface area contributed by atoms with E-state index in [1.54, 1.807) is 19.1 Å². The Bertz CT molecular complexity index is 1700. The van der Waals surface area contributed by atoms with Gasteiger partial charge in [0.25, 0.3) is 0 Å². The fourth-order valence-corrected chi connectivity index (χ4v) is 5.51. The van der Waals surface area contributed by atoms with Gasteiger partial charge in [-0.1, -0.05) is 41.6 Å². The molecule has 212 valence electrons. The van der Waals surface area contributed by atoms with Gasteiger partial charge in [-0.3, -0.25) is 13.9 Å². The van der Waals surface area contributed by atoms with E-state index in [4.69, 9.17) is 4.52 Å². The number of carbonyl (C=O) groups is 1. The number of fused-ring (bicyclic) bond motifs is 1. The van der Waals surface area contributed by atoms with Gasteiger partial charge in [-0.25, -0.2) is 9.18 Å². The zero-order valence-electron chi connectivity index (χ0n) is 22.7. The topological polar surface area (TPSA) is 86.2 Å². The summed E-state index contributed by atoms with van der Waals surface area (Å²) in [5, 5.41) is 3.97. The van der Waals surface area contributed by atoms with Crippen molar-refractivity contribution in [2.24, 2.45) is 5.92 Å². The SMILES string of the molecule is Cc1nc(-c2ccc(Cn3c(=O)n(CCN4CCC(C(=O)c5ccc(F)cc5)CC4)c4ccccc43)cc2)no1.Cl. The first-order valence-corrected chi connectivity index (χ1v) is 13.6. The number of aryl methyl sites for hydroxylation is 1. The van der Waals surface area contributed by atoms with E-state index in [-0.39, 0.29) is 35.6 Å². The van der Waals surface area contributed by atoms with Crippen LogP contribution in [0.1, 0.15) is 34.7 Å². The van der Waals surface area contributed by atoms with Crippen LogP contribution in [0, 0.1) is 18.7 Å². The number of carbonyl (C=O) groups excluding carboxylic acids is 1. The second kappa shape index (κ2) is 12.2. The quantitative estimate of drug-likeness (QED) is 0.231. The highest BCUT2D eigenvalue weighted by Gasteiger charge is 2.26. The van der Waals surface area contributed by atoms with Gasteiger partial charge >= 0.3 is 5.69 Å². The summed E-state index contributed by atoms with van der Waals surface area (Å²) >= 11 is 0. The number of benzene rings is 3. The fraction of sp³-hybridized carbons (Fsp3) is 0.290. The highest BCUT2D eigenvalue weighted by Crippen LogP contribution is 2.23. The molecule has 3 heterocycles. The van der Waals surface area contributed by atoms with Gasteiger partial charge in [0.05, 0.1) is 17.6 Å². The Morgan fingerprint density at radius 2 is 1.59 bits per heavy atom. The fourth-order valence-electron chi connectivity index (χ4n) is 5.51. The number of imidazole rings is 1. The first-order chi connectivity index (χ1) is 19.5. The number of rotatable bonds is 8. The van der Waals surface area contributed by atoms with Crippen LogP contribution in [0.25, 0.3) is 22.4 Å². The number of nitrogens with zero attached hydrogens (tertiary/aromatic N) is 5. The largest absolute Gasteiger partial charge is 0.339 e. The average molecular weight is 576 g/mol. The van der Waals surface area contributed by atoms with E-state index in [9.17, 15) is 14.0 Å². The Labute approximate surface area is 242 Å². The maximum Gasteiger partial charge on any atom is 0.329 e. The molecule has 2 aromatic heterocycles. The maximum absolute atomic E-state index is 13.6. The van der Waals surface area contributed by atoms with Crippen molar-refractivity contribution in [1.29, 1.82) is 0 Å².